The highest BCUT2D eigenvalue weighted by Crippen LogP contribution is 2.41. The molecule has 0 fully saturated rings. The second-order valence-corrected chi connectivity index (χ2v) is 17.6. The molecule has 0 aromatic heterocycles. The van der Waals surface area contributed by atoms with Gasteiger partial charge in [0.1, 0.15) is 5.41 Å². The molecule has 0 aliphatic heterocycles. The molecule has 0 aliphatic rings. The molecule has 0 saturated carbocycles. The highest BCUT2D eigenvalue weighted by Gasteiger charge is 2.37. The molecule has 0 heterocycles. The molecule has 0 aliphatic carbocycles. The van der Waals surface area contributed by atoms with Gasteiger partial charge in [0.15, 0.2) is 0 Å². The van der Waals surface area contributed by atoms with E-state index in [9.17, 15) is 15.5 Å². The minimum Gasteiger partial charge on any atom is -0.394 e. The highest BCUT2D eigenvalue weighted by molar-refractivity contribution is 5.63. The Bertz CT molecular complexity index is 2110. The molecule has 16 heteroatoms. The first-order chi connectivity index (χ1) is 36.4. The van der Waals surface area contributed by atoms with E-state index in [-0.39, 0.29) is 52.9 Å². The van der Waals surface area contributed by atoms with E-state index in [0.29, 0.717) is 105 Å². The maximum atomic E-state index is 11.6. The quantitative estimate of drug-likeness (QED) is 0.0294. The summed E-state index contributed by atoms with van der Waals surface area (Å²) < 4.78 is 34.2. The van der Waals surface area contributed by atoms with Crippen LogP contribution < -0.4 is 24.5 Å². The van der Waals surface area contributed by atoms with E-state index in [1.54, 1.807) is 0 Å². The maximum Gasteiger partial charge on any atom is 0.132 e. The van der Waals surface area contributed by atoms with Gasteiger partial charge in [-0.05, 0) is 77.4 Å². The monoisotopic (exact) mass is 1020 g/mol. The summed E-state index contributed by atoms with van der Waals surface area (Å²) in [5.74, 6) is 0. The van der Waals surface area contributed by atoms with Crippen LogP contribution in [0.3, 0.4) is 0 Å². The molecule has 4 N–H and O–H groups in total. The molecule has 74 heavy (non-hydrogen) atoms. The third-order valence-corrected chi connectivity index (χ3v) is 12.5. The average molecular weight is 1020 g/mol. The molecular formula is C58H80N6O10. The van der Waals surface area contributed by atoms with Crippen LogP contribution in [0.4, 0.5) is 28.4 Å². The Hall–Kier alpha value is -5.81. The van der Waals surface area contributed by atoms with Gasteiger partial charge in [0.2, 0.25) is 0 Å². The minimum absolute atomic E-state index is 0.0289. The van der Waals surface area contributed by atoms with Crippen molar-refractivity contribution in [2.75, 3.05) is 197 Å². The molecule has 5 aromatic rings. The first-order valence-electron chi connectivity index (χ1n) is 25.8. The zero-order valence-electron chi connectivity index (χ0n) is 43.6. The zero-order valence-corrected chi connectivity index (χ0v) is 43.6. The topological polar surface area (TPSA) is 176 Å². The number of hydrogen-bond acceptors (Lipinski definition) is 16. The van der Waals surface area contributed by atoms with Crippen LogP contribution in [0.5, 0.6) is 0 Å². The largest absolute Gasteiger partial charge is 0.394 e. The lowest BCUT2D eigenvalue weighted by molar-refractivity contribution is 0.0351. The third kappa shape index (κ3) is 19.2. The Labute approximate surface area is 439 Å². The molecule has 5 aromatic carbocycles. The summed E-state index contributed by atoms with van der Waals surface area (Å²) in [5, 5.41) is 48.5. The van der Waals surface area contributed by atoms with E-state index in [1.165, 1.54) is 0 Å². The third-order valence-electron chi connectivity index (χ3n) is 12.5. The summed E-state index contributed by atoms with van der Waals surface area (Å²) in [4.78, 5) is 11.2. The van der Waals surface area contributed by atoms with E-state index in [2.05, 4.69) is 111 Å². The van der Waals surface area contributed by atoms with Gasteiger partial charge in [-0.25, -0.2) is 0 Å². The SMILES string of the molecule is CN(C)c1ccc(C(C#N)(c2ccc(N(CCOCCOCCO)CCN(CCOCCO)c3ccccc3)cc2)c2ccc(N(CCOCCOCCO)CCN(CCOCCO)c3ccccc3)cc2)cc1. The summed E-state index contributed by atoms with van der Waals surface area (Å²) >= 11 is 0. The van der Waals surface area contributed by atoms with Crippen molar-refractivity contribution in [3.63, 3.8) is 0 Å². The van der Waals surface area contributed by atoms with Crippen LogP contribution in [-0.2, 0) is 33.8 Å². The molecule has 5 rings (SSSR count). The normalized spacial score (nSPS) is 11.4. The minimum atomic E-state index is -1.18. The van der Waals surface area contributed by atoms with Crippen LogP contribution in [0.25, 0.3) is 0 Å². The van der Waals surface area contributed by atoms with E-state index in [0.717, 1.165) is 45.1 Å². The van der Waals surface area contributed by atoms with Crippen molar-refractivity contribution in [2.24, 2.45) is 0 Å². The number of rotatable bonds is 40. The number of ether oxygens (including phenoxy) is 6. The molecule has 0 bridgehead atoms. The number of benzene rings is 5. The van der Waals surface area contributed by atoms with Gasteiger partial charge >= 0.3 is 0 Å². The van der Waals surface area contributed by atoms with Gasteiger partial charge in [-0.1, -0.05) is 72.8 Å². The average Bonchev–Trinajstić information content (AvgIpc) is 3.44. The number of aliphatic hydroxyl groups excluding tert-OH is 4. The first kappa shape index (κ1) is 59.1. The Morgan fingerprint density at radius 2 is 0.595 bits per heavy atom. The maximum absolute atomic E-state index is 11.6. The fraction of sp³-hybridized carbons (Fsp3) is 0.466. The molecule has 402 valence electrons. The number of para-hydroxylation sites is 2. The lowest BCUT2D eigenvalue weighted by Crippen LogP contribution is -2.39. The van der Waals surface area contributed by atoms with Crippen molar-refractivity contribution in [3.8, 4) is 6.07 Å². The number of aliphatic hydroxyl groups is 4. The van der Waals surface area contributed by atoms with Crippen LogP contribution in [0.15, 0.2) is 133 Å². The summed E-state index contributed by atoms with van der Waals surface area (Å²) in [6.45, 7) is 9.59. The molecule has 0 atom stereocenters. The zero-order chi connectivity index (χ0) is 52.5. The van der Waals surface area contributed by atoms with E-state index in [4.69, 9.17) is 38.6 Å². The van der Waals surface area contributed by atoms with Crippen LogP contribution in [0.1, 0.15) is 16.7 Å². The Morgan fingerprint density at radius 3 is 0.865 bits per heavy atom. The predicted octanol–water partition coefficient (Wildman–Crippen LogP) is 5.31. The second-order valence-electron chi connectivity index (χ2n) is 17.6. The molecule has 16 nitrogen and oxygen atoms in total. The Balaban J connectivity index is 1.47. The van der Waals surface area contributed by atoms with Crippen LogP contribution >= 0.6 is 0 Å². The Morgan fingerprint density at radius 1 is 0.338 bits per heavy atom. The van der Waals surface area contributed by atoms with Crippen molar-refractivity contribution in [3.05, 3.63) is 150 Å². The first-order valence-corrected chi connectivity index (χ1v) is 25.8. The lowest BCUT2D eigenvalue weighted by atomic mass is 9.70. The van der Waals surface area contributed by atoms with E-state index in [1.807, 2.05) is 67.5 Å². The second kappa shape index (κ2) is 34.6. The number of nitrogens with zero attached hydrogens (tertiary/aromatic N) is 6. The van der Waals surface area contributed by atoms with Crippen LogP contribution in [-0.4, -0.2) is 193 Å². The summed E-state index contributed by atoms with van der Waals surface area (Å²) in [6, 6.07) is 48.1. The fourth-order valence-electron chi connectivity index (χ4n) is 8.59. The highest BCUT2D eigenvalue weighted by atomic mass is 16.5. The fourth-order valence-corrected chi connectivity index (χ4v) is 8.59. The van der Waals surface area contributed by atoms with Gasteiger partial charge in [-0.2, -0.15) is 5.26 Å². The standard InChI is InChI=1S/C58H80N6O10/c1-60(2)53-19-13-50(14-20-53)58(49-59,51-15-21-56(22-16-51)63(31-39-71-45-47-73-43-35-67)27-25-61(29-37-69-41-33-65)54-9-5-3-6-10-54)52-17-23-57(24-18-52)64(32-40-72-46-48-74-44-36-68)28-26-62(30-38-70-42-34-66)55-11-7-4-8-12-55/h3-24,65-68H,25-48H2,1-2H3. The van der Waals surface area contributed by atoms with Crippen molar-refractivity contribution in [1.29, 1.82) is 5.26 Å². The summed E-state index contributed by atoms with van der Waals surface area (Å²) in [7, 11) is 4.00. The van der Waals surface area contributed by atoms with Gasteiger partial charge in [0, 0.05) is 94.9 Å². The van der Waals surface area contributed by atoms with Crippen LogP contribution in [0, 0.1) is 11.3 Å². The molecule has 0 amide bonds. The van der Waals surface area contributed by atoms with Gasteiger partial charge < -0.3 is 73.3 Å². The smallest absolute Gasteiger partial charge is 0.132 e. The van der Waals surface area contributed by atoms with Crippen molar-refractivity contribution < 1.29 is 48.8 Å². The number of anilines is 5. The molecule has 0 radical (unpaired) electrons. The molecule has 0 spiro atoms. The van der Waals surface area contributed by atoms with E-state index < -0.39 is 5.41 Å². The molecular weight excluding hydrogens is 941 g/mol. The van der Waals surface area contributed by atoms with Crippen molar-refractivity contribution in [1.82, 2.24) is 0 Å². The molecule has 0 saturated heterocycles. The summed E-state index contributed by atoms with van der Waals surface area (Å²) in [6.07, 6.45) is 0. The predicted molar refractivity (Wildman–Crippen MR) is 294 cm³/mol. The Kier molecular flexibility index (Phi) is 27.6. The van der Waals surface area contributed by atoms with E-state index >= 15 is 0 Å². The van der Waals surface area contributed by atoms with Gasteiger partial charge in [-0.15, -0.1) is 0 Å². The van der Waals surface area contributed by atoms with Gasteiger partial charge in [0.05, 0.1) is 112 Å². The lowest BCUT2D eigenvalue weighted by Gasteiger charge is -2.33. The number of nitriles is 1. The van der Waals surface area contributed by atoms with Crippen molar-refractivity contribution in [2.45, 2.75) is 5.41 Å². The van der Waals surface area contributed by atoms with Crippen molar-refractivity contribution >= 4 is 28.4 Å². The van der Waals surface area contributed by atoms with Crippen LogP contribution in [0.2, 0.25) is 0 Å². The molecule has 0 unspecified atom stereocenters. The summed E-state index contributed by atoms with van der Waals surface area (Å²) in [5.41, 5.74) is 6.45. The van der Waals surface area contributed by atoms with Gasteiger partial charge in [0.25, 0.3) is 0 Å². The number of hydrogen-bond donors (Lipinski definition) is 4. The van der Waals surface area contributed by atoms with Gasteiger partial charge in [-0.3, -0.25) is 0 Å².